The van der Waals surface area contributed by atoms with Crippen molar-refractivity contribution < 1.29 is 19.4 Å². The van der Waals surface area contributed by atoms with Crippen LogP contribution in [0.2, 0.25) is 0 Å². The van der Waals surface area contributed by atoms with Crippen molar-refractivity contribution in [2.45, 2.75) is 6.04 Å². The Morgan fingerprint density at radius 2 is 2.14 bits per heavy atom. The highest BCUT2D eigenvalue weighted by atomic mass is 16.5. The highest BCUT2D eigenvalue weighted by molar-refractivity contribution is 5.75. The largest absolute Gasteiger partial charge is 0.480 e. The first kappa shape index (κ1) is 12.8. The maximum atomic E-state index is 10.3. The third kappa shape index (κ3) is 7.47. The molecule has 0 fully saturated rings. The monoisotopic (exact) mass is 205 g/mol. The molecule has 1 amide bonds. The number of ether oxygens (including phenoxy) is 1. The van der Waals surface area contributed by atoms with Crippen LogP contribution in [0.1, 0.15) is 0 Å². The molecule has 0 aromatic rings. The van der Waals surface area contributed by atoms with Crippen molar-refractivity contribution in [1.29, 1.82) is 0 Å². The number of rotatable bonds is 8. The number of amides is 1. The van der Waals surface area contributed by atoms with Gasteiger partial charge in [0.15, 0.2) is 0 Å². The zero-order valence-electron chi connectivity index (χ0n) is 7.73. The summed E-state index contributed by atoms with van der Waals surface area (Å²) in [4.78, 5) is 20.5. The lowest BCUT2D eigenvalue weighted by Gasteiger charge is -2.07. The summed E-state index contributed by atoms with van der Waals surface area (Å²) in [7, 11) is 0. The summed E-state index contributed by atoms with van der Waals surface area (Å²) in [6.07, 6.45) is 0. The molecule has 0 aliphatic carbocycles. The van der Waals surface area contributed by atoms with E-state index in [1.165, 1.54) is 0 Å². The molecule has 0 radical (unpaired) electrons. The van der Waals surface area contributed by atoms with Crippen LogP contribution in [0.25, 0.3) is 0 Å². The van der Waals surface area contributed by atoms with E-state index in [4.69, 9.17) is 21.3 Å². The molecule has 0 heterocycles. The fourth-order valence-electron chi connectivity index (χ4n) is 0.662. The second-order valence-electron chi connectivity index (χ2n) is 2.67. The molecule has 0 aromatic heterocycles. The maximum absolute atomic E-state index is 10.3. The van der Waals surface area contributed by atoms with Gasteiger partial charge >= 0.3 is 5.97 Å². The number of carbonyl (C=O) groups is 2. The van der Waals surface area contributed by atoms with Crippen molar-refractivity contribution in [3.63, 3.8) is 0 Å². The SMILES string of the molecule is NC(=O)COCCNCC(N)C(=O)O. The molecule has 7 heteroatoms. The molecule has 0 saturated heterocycles. The second-order valence-corrected chi connectivity index (χ2v) is 2.67. The van der Waals surface area contributed by atoms with Crippen LogP contribution in [-0.2, 0) is 14.3 Å². The Morgan fingerprint density at radius 3 is 2.64 bits per heavy atom. The van der Waals surface area contributed by atoms with Gasteiger partial charge in [-0.25, -0.2) is 0 Å². The van der Waals surface area contributed by atoms with E-state index >= 15 is 0 Å². The number of primary amides is 1. The molecule has 0 aromatic carbocycles. The quantitative estimate of drug-likeness (QED) is 0.324. The zero-order chi connectivity index (χ0) is 11.0. The third-order valence-corrected chi connectivity index (χ3v) is 1.35. The van der Waals surface area contributed by atoms with Gasteiger partial charge in [0.25, 0.3) is 0 Å². The summed E-state index contributed by atoms with van der Waals surface area (Å²) >= 11 is 0. The van der Waals surface area contributed by atoms with Crippen LogP contribution < -0.4 is 16.8 Å². The highest BCUT2D eigenvalue weighted by Gasteiger charge is 2.09. The Hall–Kier alpha value is -1.18. The number of hydrogen-bond acceptors (Lipinski definition) is 5. The Kier molecular flexibility index (Phi) is 6.63. The molecule has 0 spiro atoms. The summed E-state index contributed by atoms with van der Waals surface area (Å²) in [5.74, 6) is -1.59. The van der Waals surface area contributed by atoms with Crippen molar-refractivity contribution >= 4 is 11.9 Å². The molecule has 0 rings (SSSR count). The molecule has 82 valence electrons. The molecule has 0 bridgehead atoms. The lowest BCUT2D eigenvalue weighted by molar-refractivity contribution is -0.138. The summed E-state index contributed by atoms with van der Waals surface area (Å²) in [6, 6.07) is -0.925. The van der Waals surface area contributed by atoms with E-state index in [-0.39, 0.29) is 19.8 Å². The van der Waals surface area contributed by atoms with Gasteiger partial charge in [0.05, 0.1) is 6.61 Å². The van der Waals surface area contributed by atoms with Crippen molar-refractivity contribution in [1.82, 2.24) is 5.32 Å². The number of nitrogens with two attached hydrogens (primary N) is 2. The van der Waals surface area contributed by atoms with E-state index < -0.39 is 17.9 Å². The van der Waals surface area contributed by atoms with E-state index in [0.29, 0.717) is 6.54 Å². The summed E-state index contributed by atoms with van der Waals surface area (Å²) in [5, 5.41) is 11.2. The van der Waals surface area contributed by atoms with Crippen molar-refractivity contribution in [2.75, 3.05) is 26.3 Å². The van der Waals surface area contributed by atoms with Gasteiger partial charge in [0.2, 0.25) is 5.91 Å². The van der Waals surface area contributed by atoms with Crippen LogP contribution in [0.5, 0.6) is 0 Å². The maximum Gasteiger partial charge on any atom is 0.321 e. The smallest absolute Gasteiger partial charge is 0.321 e. The number of aliphatic carboxylic acids is 1. The van der Waals surface area contributed by atoms with E-state index in [9.17, 15) is 9.59 Å². The van der Waals surface area contributed by atoms with E-state index in [1.807, 2.05) is 0 Å². The number of carboxylic acid groups (broad SMARTS) is 1. The van der Waals surface area contributed by atoms with Crippen LogP contribution in [0.3, 0.4) is 0 Å². The van der Waals surface area contributed by atoms with Crippen molar-refractivity contribution in [3.8, 4) is 0 Å². The first-order chi connectivity index (χ1) is 6.54. The Morgan fingerprint density at radius 1 is 1.50 bits per heavy atom. The number of carboxylic acids is 1. The molecule has 0 aliphatic rings. The molecule has 14 heavy (non-hydrogen) atoms. The summed E-state index contributed by atoms with van der Waals surface area (Å²) in [5.41, 5.74) is 10.0. The number of hydrogen-bond donors (Lipinski definition) is 4. The van der Waals surface area contributed by atoms with E-state index in [1.54, 1.807) is 0 Å². The minimum Gasteiger partial charge on any atom is -0.480 e. The number of carbonyl (C=O) groups excluding carboxylic acids is 1. The Labute approximate surface area is 81.4 Å². The van der Waals surface area contributed by atoms with Gasteiger partial charge in [-0.3, -0.25) is 9.59 Å². The van der Waals surface area contributed by atoms with E-state index in [0.717, 1.165) is 0 Å². The fraction of sp³-hybridized carbons (Fsp3) is 0.714. The highest BCUT2D eigenvalue weighted by Crippen LogP contribution is 1.76. The first-order valence-corrected chi connectivity index (χ1v) is 4.09. The van der Waals surface area contributed by atoms with Crippen molar-refractivity contribution in [2.24, 2.45) is 11.5 Å². The molecule has 1 unspecified atom stereocenters. The molecule has 0 saturated carbocycles. The minimum atomic E-state index is -1.06. The predicted octanol–water partition coefficient (Wildman–Crippen LogP) is -2.51. The molecule has 6 N–H and O–H groups in total. The van der Waals surface area contributed by atoms with Gasteiger partial charge in [-0.2, -0.15) is 0 Å². The molecule has 7 nitrogen and oxygen atoms in total. The topological polar surface area (TPSA) is 128 Å². The Bertz CT molecular complexity index is 197. The van der Waals surface area contributed by atoms with Gasteiger partial charge in [-0.05, 0) is 0 Å². The summed E-state index contributed by atoms with van der Waals surface area (Å²) < 4.78 is 4.81. The lowest BCUT2D eigenvalue weighted by Crippen LogP contribution is -2.41. The standard InChI is InChI=1S/C7H15N3O4/c8-5(7(12)13)3-10-1-2-14-4-6(9)11/h5,10H,1-4,8H2,(H2,9,11)(H,12,13). The van der Waals surface area contributed by atoms with Crippen LogP contribution in [-0.4, -0.2) is 49.3 Å². The van der Waals surface area contributed by atoms with E-state index in [2.05, 4.69) is 5.32 Å². The molecule has 0 aliphatic heterocycles. The Balaban J connectivity index is 3.21. The lowest BCUT2D eigenvalue weighted by atomic mass is 10.3. The average Bonchev–Trinajstić information content (AvgIpc) is 2.09. The minimum absolute atomic E-state index is 0.132. The van der Waals surface area contributed by atoms with Gasteiger partial charge in [-0.15, -0.1) is 0 Å². The van der Waals surface area contributed by atoms with Crippen molar-refractivity contribution in [3.05, 3.63) is 0 Å². The number of nitrogens with one attached hydrogen (secondary N) is 1. The van der Waals surface area contributed by atoms with Crippen LogP contribution in [0, 0.1) is 0 Å². The fourth-order valence-corrected chi connectivity index (χ4v) is 0.662. The summed E-state index contributed by atoms with van der Waals surface area (Å²) in [6.45, 7) is 0.742. The van der Waals surface area contributed by atoms with Crippen LogP contribution in [0.15, 0.2) is 0 Å². The molecule has 1 atom stereocenters. The molecular formula is C7H15N3O4. The van der Waals surface area contributed by atoms with Gasteiger partial charge in [-0.1, -0.05) is 0 Å². The van der Waals surface area contributed by atoms with Crippen LogP contribution >= 0.6 is 0 Å². The third-order valence-electron chi connectivity index (χ3n) is 1.35. The average molecular weight is 205 g/mol. The van der Waals surface area contributed by atoms with Gasteiger partial charge in [0, 0.05) is 13.1 Å². The van der Waals surface area contributed by atoms with Gasteiger partial charge in [0.1, 0.15) is 12.6 Å². The predicted molar refractivity (Wildman–Crippen MR) is 48.5 cm³/mol. The second kappa shape index (κ2) is 7.25. The van der Waals surface area contributed by atoms with Gasteiger partial charge < -0.3 is 26.6 Å². The molecular weight excluding hydrogens is 190 g/mol. The van der Waals surface area contributed by atoms with Crippen LogP contribution in [0.4, 0.5) is 0 Å². The normalized spacial score (nSPS) is 12.4. The zero-order valence-corrected chi connectivity index (χ0v) is 7.73. The first-order valence-electron chi connectivity index (χ1n) is 4.09.